The maximum Gasteiger partial charge on any atom is 0.325 e. The Balaban J connectivity index is 1.74. The van der Waals surface area contributed by atoms with E-state index in [1.165, 1.54) is 36.4 Å². The van der Waals surface area contributed by atoms with Crippen molar-refractivity contribution in [2.75, 3.05) is 17.9 Å². The summed E-state index contributed by atoms with van der Waals surface area (Å²) in [5, 5.41) is 3.11. The lowest BCUT2D eigenvalue weighted by Gasteiger charge is -2.14. The van der Waals surface area contributed by atoms with Gasteiger partial charge in [-0.1, -0.05) is 35.3 Å². The normalized spacial score (nSPS) is 10.9. The largest absolute Gasteiger partial charge is 0.465 e. The first-order chi connectivity index (χ1) is 16.2. The van der Waals surface area contributed by atoms with Crippen molar-refractivity contribution in [2.24, 2.45) is 0 Å². The summed E-state index contributed by atoms with van der Waals surface area (Å²) in [5.41, 5.74) is 0.370. The lowest BCUT2D eigenvalue weighted by Crippen LogP contribution is -2.30. The highest BCUT2D eigenvalue weighted by Crippen LogP contribution is 2.35. The number of benzene rings is 3. The minimum absolute atomic E-state index is 0.0752. The SMILES string of the molecule is CCOC(=O)CNC(=O)c1ccc(S(=O)(=O)Nc2ccccc2Oc2ccc(Cl)cc2Cl)cc1. The Morgan fingerprint density at radius 1 is 0.941 bits per heavy atom. The quantitative estimate of drug-likeness (QED) is 0.387. The Morgan fingerprint density at radius 3 is 2.32 bits per heavy atom. The summed E-state index contributed by atoms with van der Waals surface area (Å²) >= 11 is 12.1. The van der Waals surface area contributed by atoms with Crippen molar-refractivity contribution in [3.8, 4) is 11.5 Å². The lowest BCUT2D eigenvalue weighted by molar-refractivity contribution is -0.141. The fourth-order valence-corrected chi connectivity index (χ4v) is 4.29. The van der Waals surface area contributed by atoms with E-state index < -0.39 is 21.9 Å². The zero-order valence-corrected chi connectivity index (χ0v) is 20.2. The number of hydrogen-bond donors (Lipinski definition) is 2. The second-order valence-electron chi connectivity index (χ2n) is 6.79. The molecule has 0 aliphatic heterocycles. The molecule has 1 amide bonds. The molecule has 0 atom stereocenters. The molecule has 0 radical (unpaired) electrons. The van der Waals surface area contributed by atoms with E-state index in [1.54, 1.807) is 37.3 Å². The molecule has 34 heavy (non-hydrogen) atoms. The third-order valence-corrected chi connectivity index (χ3v) is 6.28. The first-order valence-electron chi connectivity index (χ1n) is 9.98. The summed E-state index contributed by atoms with van der Waals surface area (Å²) < 4.78 is 38.8. The number of carbonyl (C=O) groups is 2. The summed E-state index contributed by atoms with van der Waals surface area (Å²) in [6.45, 7) is 1.57. The van der Waals surface area contributed by atoms with Gasteiger partial charge in [0.2, 0.25) is 0 Å². The van der Waals surface area contributed by atoms with Gasteiger partial charge in [-0.15, -0.1) is 0 Å². The molecule has 2 N–H and O–H groups in total. The fourth-order valence-electron chi connectivity index (χ4n) is 2.77. The van der Waals surface area contributed by atoms with Gasteiger partial charge in [0.1, 0.15) is 12.3 Å². The molecule has 0 fully saturated rings. The van der Waals surface area contributed by atoms with Crippen molar-refractivity contribution in [1.82, 2.24) is 5.32 Å². The molecular formula is C23H20Cl2N2O6S. The molecule has 0 aliphatic rings. The highest BCUT2D eigenvalue weighted by atomic mass is 35.5. The Morgan fingerprint density at radius 2 is 1.65 bits per heavy atom. The molecule has 11 heteroatoms. The molecule has 3 aromatic rings. The predicted molar refractivity (Wildman–Crippen MR) is 129 cm³/mol. The molecule has 178 valence electrons. The second kappa shape index (κ2) is 11.2. The van der Waals surface area contributed by atoms with E-state index in [4.69, 9.17) is 32.7 Å². The van der Waals surface area contributed by atoms with Crippen molar-refractivity contribution in [2.45, 2.75) is 11.8 Å². The Bertz CT molecular complexity index is 1300. The van der Waals surface area contributed by atoms with Crippen LogP contribution in [0.5, 0.6) is 11.5 Å². The molecule has 3 rings (SSSR count). The highest BCUT2D eigenvalue weighted by molar-refractivity contribution is 7.92. The zero-order valence-electron chi connectivity index (χ0n) is 17.9. The number of ether oxygens (including phenoxy) is 2. The van der Waals surface area contributed by atoms with E-state index in [1.807, 2.05) is 0 Å². The second-order valence-corrected chi connectivity index (χ2v) is 9.32. The molecule has 0 aliphatic carbocycles. The van der Waals surface area contributed by atoms with Crippen LogP contribution in [0.3, 0.4) is 0 Å². The van der Waals surface area contributed by atoms with Gasteiger partial charge in [0.25, 0.3) is 15.9 Å². The molecule has 0 spiro atoms. The summed E-state index contributed by atoms with van der Waals surface area (Å²) in [7, 11) is -4.01. The maximum atomic E-state index is 12.9. The van der Waals surface area contributed by atoms with E-state index in [9.17, 15) is 18.0 Å². The molecule has 8 nitrogen and oxygen atoms in total. The van der Waals surface area contributed by atoms with Crippen molar-refractivity contribution in [3.05, 3.63) is 82.3 Å². The van der Waals surface area contributed by atoms with Gasteiger partial charge in [-0.2, -0.15) is 0 Å². The minimum Gasteiger partial charge on any atom is -0.465 e. The first-order valence-corrected chi connectivity index (χ1v) is 12.2. The number of para-hydroxylation sites is 2. The van der Waals surface area contributed by atoms with Gasteiger partial charge in [0, 0.05) is 10.6 Å². The van der Waals surface area contributed by atoms with Crippen LogP contribution in [0.4, 0.5) is 5.69 Å². The van der Waals surface area contributed by atoms with E-state index >= 15 is 0 Å². The standard InChI is InChI=1S/C23H20Cl2N2O6S/c1-2-32-22(28)14-26-23(29)15-7-10-17(11-8-15)34(30,31)27-19-5-3-4-6-21(19)33-20-12-9-16(24)13-18(20)25/h3-13,27H,2,14H2,1H3,(H,26,29). The summed E-state index contributed by atoms with van der Waals surface area (Å²) in [6.07, 6.45) is 0. The summed E-state index contributed by atoms with van der Waals surface area (Å²) in [6, 6.07) is 16.4. The monoisotopic (exact) mass is 522 g/mol. The van der Waals surface area contributed by atoms with E-state index in [0.29, 0.717) is 10.8 Å². The fraction of sp³-hybridized carbons (Fsp3) is 0.130. The number of halogens is 2. The van der Waals surface area contributed by atoms with Crippen molar-refractivity contribution in [3.63, 3.8) is 0 Å². The smallest absolute Gasteiger partial charge is 0.325 e. The summed E-state index contributed by atoms with van der Waals surface area (Å²) in [5.74, 6) is -0.579. The van der Waals surface area contributed by atoms with Gasteiger partial charge in [-0.3, -0.25) is 14.3 Å². The number of anilines is 1. The highest BCUT2D eigenvalue weighted by Gasteiger charge is 2.18. The molecule has 0 unspecified atom stereocenters. The topological polar surface area (TPSA) is 111 Å². The van der Waals surface area contributed by atoms with Crippen LogP contribution in [-0.2, 0) is 19.6 Å². The molecule has 0 bridgehead atoms. The molecule has 0 heterocycles. The third-order valence-electron chi connectivity index (χ3n) is 4.37. The van der Waals surface area contributed by atoms with Crippen LogP contribution in [0, 0.1) is 0 Å². The number of rotatable bonds is 9. The number of nitrogens with one attached hydrogen (secondary N) is 2. The molecule has 3 aromatic carbocycles. The number of hydrogen-bond acceptors (Lipinski definition) is 6. The van der Waals surface area contributed by atoms with Gasteiger partial charge in [0.05, 0.1) is 22.2 Å². The zero-order chi connectivity index (χ0) is 24.7. The molecular weight excluding hydrogens is 503 g/mol. The van der Waals surface area contributed by atoms with E-state index in [0.717, 1.165) is 0 Å². The lowest BCUT2D eigenvalue weighted by atomic mass is 10.2. The van der Waals surface area contributed by atoms with Crippen molar-refractivity contribution < 1.29 is 27.5 Å². The number of esters is 1. The van der Waals surface area contributed by atoms with Crippen LogP contribution in [-0.4, -0.2) is 33.4 Å². The third kappa shape index (κ3) is 6.63. The van der Waals surface area contributed by atoms with Crippen LogP contribution in [0.25, 0.3) is 0 Å². The molecule has 0 saturated carbocycles. The van der Waals surface area contributed by atoms with Gasteiger partial charge in [-0.25, -0.2) is 8.42 Å². The van der Waals surface area contributed by atoms with Crippen LogP contribution in [0.1, 0.15) is 17.3 Å². The number of carbonyl (C=O) groups excluding carboxylic acids is 2. The van der Waals surface area contributed by atoms with Crippen molar-refractivity contribution >= 4 is 50.8 Å². The van der Waals surface area contributed by atoms with E-state index in [-0.39, 0.29) is 40.1 Å². The number of amides is 1. The van der Waals surface area contributed by atoms with Gasteiger partial charge in [-0.05, 0) is 61.5 Å². The van der Waals surface area contributed by atoms with Crippen LogP contribution in [0.15, 0.2) is 71.6 Å². The average molecular weight is 523 g/mol. The van der Waals surface area contributed by atoms with Crippen molar-refractivity contribution in [1.29, 1.82) is 0 Å². The Kier molecular flexibility index (Phi) is 8.38. The average Bonchev–Trinajstić information content (AvgIpc) is 2.80. The molecule has 0 saturated heterocycles. The predicted octanol–water partition coefficient (Wildman–Crippen LogP) is 4.88. The number of sulfonamides is 1. The van der Waals surface area contributed by atoms with Gasteiger partial charge < -0.3 is 14.8 Å². The Labute approximate surface area is 206 Å². The van der Waals surface area contributed by atoms with E-state index in [2.05, 4.69) is 10.0 Å². The van der Waals surface area contributed by atoms with Crippen LogP contribution >= 0.6 is 23.2 Å². The first kappa shape index (κ1) is 25.4. The maximum absolute atomic E-state index is 12.9. The van der Waals surface area contributed by atoms with Crippen LogP contribution in [0.2, 0.25) is 10.0 Å². The summed E-state index contributed by atoms with van der Waals surface area (Å²) in [4.78, 5) is 23.4. The Hall–Kier alpha value is -3.27. The molecule has 0 aromatic heterocycles. The van der Waals surface area contributed by atoms with Gasteiger partial charge >= 0.3 is 5.97 Å². The van der Waals surface area contributed by atoms with Gasteiger partial charge in [0.15, 0.2) is 5.75 Å². The minimum atomic E-state index is -4.01. The van der Waals surface area contributed by atoms with Crippen LogP contribution < -0.4 is 14.8 Å².